The van der Waals surface area contributed by atoms with Crippen molar-refractivity contribution in [2.45, 2.75) is 25.6 Å². The monoisotopic (exact) mass is 262 g/mol. The van der Waals surface area contributed by atoms with Gasteiger partial charge in [-0.05, 0) is 24.6 Å². The van der Waals surface area contributed by atoms with E-state index in [1.54, 1.807) is 6.92 Å². The third kappa shape index (κ3) is 3.82. The van der Waals surface area contributed by atoms with E-state index in [0.29, 0.717) is 6.42 Å². The molecule has 0 saturated carbocycles. The highest BCUT2D eigenvalue weighted by atomic mass is 35.5. The molecule has 0 fully saturated rings. The van der Waals surface area contributed by atoms with Crippen molar-refractivity contribution in [1.29, 1.82) is 5.26 Å². The number of nitrogens with zero attached hydrogens (tertiary/aromatic N) is 1. The van der Waals surface area contributed by atoms with Crippen LogP contribution in [0.3, 0.4) is 0 Å². The van der Waals surface area contributed by atoms with Gasteiger partial charge in [0.2, 0.25) is 0 Å². The van der Waals surface area contributed by atoms with Crippen molar-refractivity contribution in [3.63, 3.8) is 0 Å². The van der Waals surface area contributed by atoms with Crippen LogP contribution in [0.4, 0.5) is 18.9 Å². The van der Waals surface area contributed by atoms with Gasteiger partial charge < -0.3 is 5.32 Å². The molecular formula is C11H10ClF3N2. The Bertz CT molecular complexity index is 437. The van der Waals surface area contributed by atoms with Crippen molar-refractivity contribution in [3.8, 4) is 6.07 Å². The maximum atomic E-state index is 12.5. The molecule has 0 radical (unpaired) electrons. The minimum atomic E-state index is -4.45. The maximum Gasteiger partial charge on any atom is 0.416 e. The average molecular weight is 263 g/mol. The van der Waals surface area contributed by atoms with Gasteiger partial charge in [0.05, 0.1) is 11.6 Å². The lowest BCUT2D eigenvalue weighted by molar-refractivity contribution is -0.137. The first-order valence-electron chi connectivity index (χ1n) is 4.90. The number of anilines is 1. The van der Waals surface area contributed by atoms with E-state index >= 15 is 0 Å². The van der Waals surface area contributed by atoms with Crippen LogP contribution in [0.2, 0.25) is 5.02 Å². The van der Waals surface area contributed by atoms with E-state index in [9.17, 15) is 13.2 Å². The molecule has 1 unspecified atom stereocenters. The molecule has 0 aliphatic rings. The zero-order valence-corrected chi connectivity index (χ0v) is 9.73. The van der Waals surface area contributed by atoms with Crippen LogP contribution in [0, 0.1) is 11.3 Å². The summed E-state index contributed by atoms with van der Waals surface area (Å²) in [5.41, 5.74) is -0.640. The first-order valence-corrected chi connectivity index (χ1v) is 5.28. The Morgan fingerprint density at radius 3 is 2.53 bits per heavy atom. The normalized spacial score (nSPS) is 12.9. The number of hydrogen-bond acceptors (Lipinski definition) is 2. The van der Waals surface area contributed by atoms with Crippen molar-refractivity contribution in [2.75, 3.05) is 5.32 Å². The summed E-state index contributed by atoms with van der Waals surface area (Å²) in [6.07, 6.45) is -3.96. The molecule has 0 aromatic heterocycles. The number of hydrogen-bond donors (Lipinski definition) is 1. The van der Waals surface area contributed by atoms with E-state index in [-0.39, 0.29) is 10.7 Å². The quantitative estimate of drug-likeness (QED) is 0.891. The van der Waals surface area contributed by atoms with Crippen molar-refractivity contribution in [1.82, 2.24) is 0 Å². The lowest BCUT2D eigenvalue weighted by Gasteiger charge is -2.14. The zero-order valence-electron chi connectivity index (χ0n) is 8.98. The summed E-state index contributed by atoms with van der Waals surface area (Å²) in [6.45, 7) is 1.76. The van der Waals surface area contributed by atoms with E-state index < -0.39 is 17.8 Å². The third-order valence-corrected chi connectivity index (χ3v) is 2.35. The molecule has 1 aromatic rings. The average Bonchev–Trinajstić information content (AvgIpc) is 2.24. The Balaban J connectivity index is 3.03. The molecule has 17 heavy (non-hydrogen) atoms. The van der Waals surface area contributed by atoms with Crippen molar-refractivity contribution in [3.05, 3.63) is 28.8 Å². The van der Waals surface area contributed by atoms with Gasteiger partial charge in [-0.15, -0.1) is 0 Å². The maximum absolute atomic E-state index is 12.5. The fourth-order valence-electron chi connectivity index (χ4n) is 1.26. The van der Waals surface area contributed by atoms with Gasteiger partial charge in [-0.2, -0.15) is 18.4 Å². The summed E-state index contributed by atoms with van der Waals surface area (Å²) in [7, 11) is 0. The van der Waals surface area contributed by atoms with Gasteiger partial charge in [0, 0.05) is 10.7 Å². The summed E-state index contributed by atoms with van der Waals surface area (Å²) in [4.78, 5) is 0. The Hall–Kier alpha value is -1.41. The molecule has 0 aliphatic carbocycles. The van der Waals surface area contributed by atoms with E-state index in [1.165, 1.54) is 6.07 Å². The number of benzene rings is 1. The molecule has 0 heterocycles. The van der Waals surface area contributed by atoms with Gasteiger partial charge in [-0.1, -0.05) is 18.5 Å². The first kappa shape index (κ1) is 13.7. The highest BCUT2D eigenvalue weighted by Crippen LogP contribution is 2.33. The van der Waals surface area contributed by atoms with Crippen LogP contribution < -0.4 is 5.32 Å². The molecule has 1 N–H and O–H groups in total. The highest BCUT2D eigenvalue weighted by Gasteiger charge is 2.31. The van der Waals surface area contributed by atoms with Gasteiger partial charge in [0.1, 0.15) is 6.04 Å². The highest BCUT2D eigenvalue weighted by molar-refractivity contribution is 6.30. The predicted molar refractivity (Wildman–Crippen MR) is 59.8 cm³/mol. The molecule has 6 heteroatoms. The summed E-state index contributed by atoms with van der Waals surface area (Å²) in [6, 6.07) is 4.55. The topological polar surface area (TPSA) is 35.8 Å². The molecule has 2 nitrogen and oxygen atoms in total. The Morgan fingerprint density at radius 1 is 1.41 bits per heavy atom. The summed E-state index contributed by atoms with van der Waals surface area (Å²) in [5.74, 6) is 0. The van der Waals surface area contributed by atoms with Crippen LogP contribution in [0.25, 0.3) is 0 Å². The number of rotatable bonds is 3. The smallest absolute Gasteiger partial charge is 0.370 e. The fourth-order valence-corrected chi connectivity index (χ4v) is 1.50. The molecule has 1 atom stereocenters. The summed E-state index contributed by atoms with van der Waals surface area (Å²) >= 11 is 5.60. The SMILES string of the molecule is CCC(C#N)Nc1cc(Cl)cc(C(F)(F)F)c1. The van der Waals surface area contributed by atoms with Gasteiger partial charge in [-0.3, -0.25) is 0 Å². The van der Waals surface area contributed by atoms with Crippen LogP contribution in [-0.4, -0.2) is 6.04 Å². The molecule has 1 aromatic carbocycles. The van der Waals surface area contributed by atoms with Gasteiger partial charge in [-0.25, -0.2) is 0 Å². The first-order chi connectivity index (χ1) is 7.86. The van der Waals surface area contributed by atoms with Gasteiger partial charge in [0.25, 0.3) is 0 Å². The van der Waals surface area contributed by atoms with Gasteiger partial charge in [0.15, 0.2) is 0 Å². The van der Waals surface area contributed by atoms with Gasteiger partial charge >= 0.3 is 6.18 Å². The molecule has 0 spiro atoms. The summed E-state index contributed by atoms with van der Waals surface area (Å²) < 4.78 is 37.5. The zero-order chi connectivity index (χ0) is 13.1. The number of nitriles is 1. The van der Waals surface area contributed by atoms with E-state index in [4.69, 9.17) is 16.9 Å². The lowest BCUT2D eigenvalue weighted by Crippen LogP contribution is -2.16. The van der Waals surface area contributed by atoms with E-state index in [2.05, 4.69) is 5.32 Å². The van der Waals surface area contributed by atoms with Crippen molar-refractivity contribution >= 4 is 17.3 Å². The molecule has 0 bridgehead atoms. The van der Waals surface area contributed by atoms with Crippen LogP contribution in [-0.2, 0) is 6.18 Å². The molecule has 1 rings (SSSR count). The Kier molecular flexibility index (Phi) is 4.24. The largest absolute Gasteiger partial charge is 0.416 e. The Morgan fingerprint density at radius 2 is 2.06 bits per heavy atom. The number of halogens is 4. The van der Waals surface area contributed by atoms with E-state index in [1.807, 2.05) is 6.07 Å². The Labute approximate surface area is 102 Å². The second-order valence-corrected chi connectivity index (χ2v) is 3.90. The number of nitrogens with one attached hydrogen (secondary N) is 1. The predicted octanol–water partition coefficient (Wildman–Crippen LogP) is 4.07. The van der Waals surface area contributed by atoms with E-state index in [0.717, 1.165) is 12.1 Å². The van der Waals surface area contributed by atoms with Crippen LogP contribution in [0.1, 0.15) is 18.9 Å². The minimum Gasteiger partial charge on any atom is -0.370 e. The van der Waals surface area contributed by atoms with Crippen molar-refractivity contribution < 1.29 is 13.2 Å². The van der Waals surface area contributed by atoms with Crippen LogP contribution >= 0.6 is 11.6 Å². The minimum absolute atomic E-state index is 0.0184. The van der Waals surface area contributed by atoms with Crippen LogP contribution in [0.15, 0.2) is 18.2 Å². The molecular weight excluding hydrogens is 253 g/mol. The molecule has 0 saturated heterocycles. The second-order valence-electron chi connectivity index (χ2n) is 3.46. The standard InChI is InChI=1S/C11H10ClF3N2/c1-2-9(6-16)17-10-4-7(11(13,14)15)3-8(12)5-10/h3-5,9,17H,2H2,1H3. The fraction of sp³-hybridized carbons (Fsp3) is 0.364. The molecule has 0 aliphatic heterocycles. The summed E-state index contributed by atoms with van der Waals surface area (Å²) in [5, 5.41) is 11.4. The molecule has 92 valence electrons. The van der Waals surface area contributed by atoms with Crippen LogP contribution in [0.5, 0.6) is 0 Å². The van der Waals surface area contributed by atoms with Crippen molar-refractivity contribution in [2.24, 2.45) is 0 Å². The second kappa shape index (κ2) is 5.28. The lowest BCUT2D eigenvalue weighted by atomic mass is 10.1. The number of alkyl halides is 3. The third-order valence-electron chi connectivity index (χ3n) is 2.13. The molecule has 0 amide bonds.